The standard InChI is InChI=1S/C16H8Cl2FNO3/c17-11-5-9-10(6-12(11)18)16(23)20(15(9)22)7-14(21)8-3-1-2-4-13(8)19/h1-6H,7H2. The maximum atomic E-state index is 13.6. The lowest BCUT2D eigenvalue weighted by molar-refractivity contribution is 0.0623. The summed E-state index contributed by atoms with van der Waals surface area (Å²) in [5.74, 6) is -2.70. The largest absolute Gasteiger partial charge is 0.292 e. The zero-order chi connectivity index (χ0) is 16.7. The van der Waals surface area contributed by atoms with Gasteiger partial charge in [0.15, 0.2) is 5.78 Å². The van der Waals surface area contributed by atoms with E-state index in [1.165, 1.54) is 30.3 Å². The number of ketones is 1. The summed E-state index contributed by atoms with van der Waals surface area (Å²) in [5.41, 5.74) is -0.0309. The summed E-state index contributed by atoms with van der Waals surface area (Å²) >= 11 is 11.7. The first kappa shape index (κ1) is 15.6. The fraction of sp³-hybridized carbons (Fsp3) is 0.0625. The molecule has 1 aliphatic heterocycles. The summed E-state index contributed by atoms with van der Waals surface area (Å²) in [6, 6.07) is 7.94. The molecule has 2 aromatic rings. The van der Waals surface area contributed by atoms with Crippen molar-refractivity contribution in [3.05, 3.63) is 69.0 Å². The SMILES string of the molecule is O=C(CN1C(=O)c2cc(Cl)c(Cl)cc2C1=O)c1ccccc1F. The van der Waals surface area contributed by atoms with Crippen molar-refractivity contribution in [1.29, 1.82) is 0 Å². The Morgan fingerprint density at radius 2 is 1.52 bits per heavy atom. The van der Waals surface area contributed by atoms with E-state index in [-0.39, 0.29) is 26.7 Å². The summed E-state index contributed by atoms with van der Waals surface area (Å²) in [7, 11) is 0. The Kier molecular flexibility index (Phi) is 3.92. The number of fused-ring (bicyclic) bond motifs is 1. The predicted molar refractivity (Wildman–Crippen MR) is 82.6 cm³/mol. The normalized spacial score (nSPS) is 13.4. The monoisotopic (exact) mass is 351 g/mol. The Balaban J connectivity index is 1.91. The van der Waals surface area contributed by atoms with Crippen molar-refractivity contribution < 1.29 is 18.8 Å². The maximum absolute atomic E-state index is 13.6. The molecule has 0 aromatic heterocycles. The van der Waals surface area contributed by atoms with Crippen LogP contribution in [0.1, 0.15) is 31.1 Å². The second-order valence-corrected chi connectivity index (χ2v) is 5.73. The highest BCUT2D eigenvalue weighted by Crippen LogP contribution is 2.31. The van der Waals surface area contributed by atoms with E-state index in [4.69, 9.17) is 23.2 Å². The number of nitrogens with zero attached hydrogens (tertiary/aromatic N) is 1. The molecule has 0 atom stereocenters. The van der Waals surface area contributed by atoms with Crippen molar-refractivity contribution >= 4 is 40.8 Å². The maximum Gasteiger partial charge on any atom is 0.262 e. The molecule has 0 fully saturated rings. The predicted octanol–water partition coefficient (Wildman–Crippen LogP) is 3.61. The molecule has 1 aliphatic rings. The van der Waals surface area contributed by atoms with E-state index in [1.54, 1.807) is 0 Å². The van der Waals surface area contributed by atoms with Crippen molar-refractivity contribution in [1.82, 2.24) is 4.90 Å². The molecule has 0 N–H and O–H groups in total. The van der Waals surface area contributed by atoms with Crippen LogP contribution in [0.15, 0.2) is 36.4 Å². The van der Waals surface area contributed by atoms with Crippen LogP contribution in [0.5, 0.6) is 0 Å². The lowest BCUT2D eigenvalue weighted by Gasteiger charge is -2.12. The smallest absolute Gasteiger partial charge is 0.262 e. The van der Waals surface area contributed by atoms with Crippen LogP contribution in [-0.4, -0.2) is 29.0 Å². The molecule has 0 saturated carbocycles. The Bertz CT molecular complexity index is 825. The Morgan fingerprint density at radius 3 is 2.04 bits per heavy atom. The highest BCUT2D eigenvalue weighted by atomic mass is 35.5. The first-order chi connectivity index (χ1) is 10.9. The molecular weight excluding hydrogens is 344 g/mol. The Hall–Kier alpha value is -2.24. The molecule has 0 radical (unpaired) electrons. The van der Waals surface area contributed by atoms with Crippen LogP contribution in [0.25, 0.3) is 0 Å². The number of hydrogen-bond acceptors (Lipinski definition) is 3. The minimum atomic E-state index is -0.708. The molecule has 0 spiro atoms. The molecule has 0 bridgehead atoms. The molecule has 4 nitrogen and oxygen atoms in total. The molecule has 0 saturated heterocycles. The average Bonchev–Trinajstić information content (AvgIpc) is 2.73. The molecule has 0 unspecified atom stereocenters. The third-order valence-electron chi connectivity index (χ3n) is 3.49. The molecule has 23 heavy (non-hydrogen) atoms. The number of benzene rings is 2. The van der Waals surface area contributed by atoms with Gasteiger partial charge < -0.3 is 0 Å². The van der Waals surface area contributed by atoms with Gasteiger partial charge in [-0.3, -0.25) is 19.3 Å². The van der Waals surface area contributed by atoms with Gasteiger partial charge in [-0.1, -0.05) is 35.3 Å². The van der Waals surface area contributed by atoms with E-state index in [2.05, 4.69) is 0 Å². The van der Waals surface area contributed by atoms with Crippen molar-refractivity contribution in [2.24, 2.45) is 0 Å². The van der Waals surface area contributed by atoms with Crippen molar-refractivity contribution in [2.45, 2.75) is 0 Å². The minimum absolute atomic E-state index is 0.0748. The number of carbonyl (C=O) groups excluding carboxylic acids is 3. The molecule has 2 amide bonds. The van der Waals surface area contributed by atoms with E-state index in [1.807, 2.05) is 0 Å². The van der Waals surface area contributed by atoms with Crippen LogP contribution in [0.3, 0.4) is 0 Å². The van der Waals surface area contributed by atoms with Gasteiger partial charge in [-0.2, -0.15) is 0 Å². The summed E-state index contributed by atoms with van der Waals surface area (Å²) < 4.78 is 13.6. The third-order valence-corrected chi connectivity index (χ3v) is 4.21. The number of halogens is 3. The zero-order valence-corrected chi connectivity index (χ0v) is 13.0. The Labute approximate surface area is 140 Å². The van der Waals surface area contributed by atoms with Crippen LogP contribution >= 0.6 is 23.2 Å². The van der Waals surface area contributed by atoms with Gasteiger partial charge in [0.25, 0.3) is 11.8 Å². The van der Waals surface area contributed by atoms with E-state index in [9.17, 15) is 18.8 Å². The van der Waals surface area contributed by atoms with Crippen LogP contribution in [0.4, 0.5) is 4.39 Å². The van der Waals surface area contributed by atoms with Crippen molar-refractivity contribution in [3.63, 3.8) is 0 Å². The molecule has 3 rings (SSSR count). The summed E-state index contributed by atoms with van der Waals surface area (Å²) in [6.45, 7) is -0.553. The first-order valence-corrected chi connectivity index (χ1v) is 7.28. The molecular formula is C16H8Cl2FNO3. The fourth-order valence-electron chi connectivity index (χ4n) is 2.34. The van der Waals surface area contributed by atoms with Gasteiger partial charge in [-0.25, -0.2) is 4.39 Å². The summed E-state index contributed by atoms with van der Waals surface area (Å²) in [5, 5.41) is 0.266. The lowest BCUT2D eigenvalue weighted by atomic mass is 10.1. The number of Topliss-reactive ketones (excluding diaryl/α,β-unsaturated/α-hetero) is 1. The van der Waals surface area contributed by atoms with Gasteiger partial charge in [-0.15, -0.1) is 0 Å². The van der Waals surface area contributed by atoms with Crippen LogP contribution < -0.4 is 0 Å². The summed E-state index contributed by atoms with van der Waals surface area (Å²) in [4.78, 5) is 37.5. The highest BCUT2D eigenvalue weighted by Gasteiger charge is 2.37. The number of amides is 2. The first-order valence-electron chi connectivity index (χ1n) is 6.53. The molecule has 7 heteroatoms. The van der Waals surface area contributed by atoms with Gasteiger partial charge in [-0.05, 0) is 24.3 Å². The van der Waals surface area contributed by atoms with Gasteiger partial charge >= 0.3 is 0 Å². The van der Waals surface area contributed by atoms with E-state index in [0.29, 0.717) is 0 Å². The van der Waals surface area contributed by atoms with E-state index in [0.717, 1.165) is 11.0 Å². The van der Waals surface area contributed by atoms with Crippen molar-refractivity contribution in [3.8, 4) is 0 Å². The summed E-state index contributed by atoms with van der Waals surface area (Å²) in [6.07, 6.45) is 0. The fourth-order valence-corrected chi connectivity index (χ4v) is 2.67. The van der Waals surface area contributed by atoms with Crippen LogP contribution in [-0.2, 0) is 0 Å². The Morgan fingerprint density at radius 1 is 1.00 bits per heavy atom. The highest BCUT2D eigenvalue weighted by molar-refractivity contribution is 6.43. The quantitative estimate of drug-likeness (QED) is 0.626. The number of imide groups is 1. The topological polar surface area (TPSA) is 54.5 Å². The van der Waals surface area contributed by atoms with E-state index < -0.39 is 30.0 Å². The second kappa shape index (κ2) is 5.76. The van der Waals surface area contributed by atoms with Gasteiger partial charge in [0, 0.05) is 0 Å². The molecule has 2 aromatic carbocycles. The lowest BCUT2D eigenvalue weighted by Crippen LogP contribution is -2.35. The average molecular weight is 352 g/mol. The number of rotatable bonds is 3. The third kappa shape index (κ3) is 2.62. The van der Waals surface area contributed by atoms with Crippen molar-refractivity contribution in [2.75, 3.05) is 6.54 Å². The number of carbonyl (C=O) groups is 3. The molecule has 116 valence electrons. The zero-order valence-electron chi connectivity index (χ0n) is 11.5. The van der Waals surface area contributed by atoms with E-state index >= 15 is 0 Å². The van der Waals surface area contributed by atoms with Crippen LogP contribution in [0.2, 0.25) is 10.0 Å². The number of hydrogen-bond donors (Lipinski definition) is 0. The van der Waals surface area contributed by atoms with Crippen LogP contribution in [0, 0.1) is 5.82 Å². The minimum Gasteiger partial charge on any atom is -0.292 e. The molecule has 1 heterocycles. The van der Waals surface area contributed by atoms with Gasteiger partial charge in [0.05, 0.1) is 33.3 Å². The second-order valence-electron chi connectivity index (χ2n) is 4.91. The molecule has 0 aliphatic carbocycles. The van der Waals surface area contributed by atoms with Gasteiger partial charge in [0.2, 0.25) is 0 Å². The van der Waals surface area contributed by atoms with Gasteiger partial charge in [0.1, 0.15) is 5.82 Å².